The Bertz CT molecular complexity index is 509. The number of carbonyl (C=O) groups is 1. The summed E-state index contributed by atoms with van der Waals surface area (Å²) >= 11 is 4.67. The SMILES string of the molecule is O=C(NCC[C@H](O)c1ccsc1)c1ccc(Br)o1. The number of aliphatic hydroxyl groups is 1. The smallest absolute Gasteiger partial charge is 0.287 e. The van der Waals surface area contributed by atoms with E-state index in [0.717, 1.165) is 5.56 Å². The Morgan fingerprint density at radius 2 is 2.33 bits per heavy atom. The summed E-state index contributed by atoms with van der Waals surface area (Å²) < 4.78 is 5.64. The topological polar surface area (TPSA) is 62.5 Å². The average molecular weight is 330 g/mol. The van der Waals surface area contributed by atoms with Gasteiger partial charge in [-0.05, 0) is 56.9 Å². The highest BCUT2D eigenvalue weighted by Crippen LogP contribution is 2.18. The van der Waals surface area contributed by atoms with E-state index in [1.165, 1.54) is 11.3 Å². The van der Waals surface area contributed by atoms with Crippen LogP contribution in [0.1, 0.15) is 28.6 Å². The quantitative estimate of drug-likeness (QED) is 0.886. The Balaban J connectivity index is 1.77. The molecule has 0 aromatic carbocycles. The molecular formula is C12H12BrNO3S. The van der Waals surface area contributed by atoms with Gasteiger partial charge in [0.2, 0.25) is 0 Å². The predicted molar refractivity (Wildman–Crippen MR) is 72.6 cm³/mol. The van der Waals surface area contributed by atoms with Gasteiger partial charge in [-0.15, -0.1) is 0 Å². The number of furan rings is 1. The lowest BCUT2D eigenvalue weighted by Gasteiger charge is -2.09. The van der Waals surface area contributed by atoms with Crippen molar-refractivity contribution in [1.29, 1.82) is 0 Å². The van der Waals surface area contributed by atoms with Crippen LogP contribution in [0.2, 0.25) is 0 Å². The van der Waals surface area contributed by atoms with E-state index in [-0.39, 0.29) is 11.7 Å². The zero-order valence-electron chi connectivity index (χ0n) is 9.43. The van der Waals surface area contributed by atoms with E-state index in [1.807, 2.05) is 16.8 Å². The second-order valence-corrected chi connectivity index (χ2v) is 5.28. The Morgan fingerprint density at radius 1 is 1.50 bits per heavy atom. The molecule has 18 heavy (non-hydrogen) atoms. The van der Waals surface area contributed by atoms with Crippen molar-refractivity contribution in [2.75, 3.05) is 6.54 Å². The van der Waals surface area contributed by atoms with E-state index in [9.17, 15) is 9.90 Å². The molecule has 0 bridgehead atoms. The zero-order chi connectivity index (χ0) is 13.0. The van der Waals surface area contributed by atoms with E-state index in [4.69, 9.17) is 4.42 Å². The van der Waals surface area contributed by atoms with Crippen LogP contribution in [-0.4, -0.2) is 17.6 Å². The molecule has 0 aliphatic heterocycles. The first-order valence-electron chi connectivity index (χ1n) is 5.40. The Labute approximate surface area is 117 Å². The molecule has 0 aliphatic rings. The predicted octanol–water partition coefficient (Wildman–Crippen LogP) is 2.96. The highest BCUT2D eigenvalue weighted by atomic mass is 79.9. The van der Waals surface area contributed by atoms with Gasteiger partial charge in [-0.1, -0.05) is 0 Å². The first kappa shape index (κ1) is 13.3. The van der Waals surface area contributed by atoms with Gasteiger partial charge < -0.3 is 14.8 Å². The fraction of sp³-hybridized carbons (Fsp3) is 0.250. The van der Waals surface area contributed by atoms with E-state index >= 15 is 0 Å². The average Bonchev–Trinajstić information content (AvgIpc) is 2.99. The van der Waals surface area contributed by atoms with Crippen LogP contribution in [0.5, 0.6) is 0 Å². The molecule has 2 aromatic rings. The second kappa shape index (κ2) is 6.17. The maximum Gasteiger partial charge on any atom is 0.287 e. The molecule has 1 amide bonds. The summed E-state index contributed by atoms with van der Waals surface area (Å²) in [6, 6.07) is 5.13. The summed E-state index contributed by atoms with van der Waals surface area (Å²) in [5, 5.41) is 16.3. The van der Waals surface area contributed by atoms with E-state index in [1.54, 1.807) is 12.1 Å². The summed E-state index contributed by atoms with van der Waals surface area (Å²) in [5.41, 5.74) is 0.884. The first-order chi connectivity index (χ1) is 8.66. The van der Waals surface area contributed by atoms with Crippen LogP contribution < -0.4 is 5.32 Å². The summed E-state index contributed by atoms with van der Waals surface area (Å²) in [7, 11) is 0. The van der Waals surface area contributed by atoms with E-state index in [2.05, 4.69) is 21.2 Å². The van der Waals surface area contributed by atoms with Crippen molar-refractivity contribution in [2.45, 2.75) is 12.5 Å². The van der Waals surface area contributed by atoms with Crippen LogP contribution in [0.4, 0.5) is 0 Å². The summed E-state index contributed by atoms with van der Waals surface area (Å²) in [4.78, 5) is 11.6. The van der Waals surface area contributed by atoms with E-state index < -0.39 is 6.10 Å². The number of hydrogen-bond donors (Lipinski definition) is 2. The van der Waals surface area contributed by atoms with Crippen molar-refractivity contribution in [3.63, 3.8) is 0 Å². The van der Waals surface area contributed by atoms with Crippen LogP contribution in [-0.2, 0) is 0 Å². The third-order valence-corrected chi connectivity index (χ3v) is 3.56. The fourth-order valence-corrected chi connectivity index (χ4v) is 2.49. The third-order valence-electron chi connectivity index (χ3n) is 2.43. The fourth-order valence-electron chi connectivity index (χ4n) is 1.48. The molecule has 0 aliphatic carbocycles. The molecular weight excluding hydrogens is 318 g/mol. The molecule has 0 saturated carbocycles. The molecule has 1 atom stereocenters. The van der Waals surface area contributed by atoms with Crippen LogP contribution >= 0.6 is 27.3 Å². The highest BCUT2D eigenvalue weighted by Gasteiger charge is 2.12. The van der Waals surface area contributed by atoms with Crippen molar-refractivity contribution in [3.05, 3.63) is 45.0 Å². The third kappa shape index (κ3) is 3.44. The zero-order valence-corrected chi connectivity index (χ0v) is 11.8. The molecule has 2 N–H and O–H groups in total. The summed E-state index contributed by atoms with van der Waals surface area (Å²) in [6.07, 6.45) is -0.0652. The number of halogens is 1. The maximum atomic E-state index is 11.6. The van der Waals surface area contributed by atoms with Gasteiger partial charge in [0.25, 0.3) is 5.91 Å². The molecule has 0 radical (unpaired) electrons. The maximum absolute atomic E-state index is 11.6. The molecule has 2 rings (SSSR count). The van der Waals surface area contributed by atoms with Gasteiger partial charge in [-0.2, -0.15) is 11.3 Å². The van der Waals surface area contributed by atoms with Gasteiger partial charge in [-0.25, -0.2) is 0 Å². The molecule has 96 valence electrons. The molecule has 4 nitrogen and oxygen atoms in total. The Hall–Kier alpha value is -1.11. The van der Waals surface area contributed by atoms with Gasteiger partial charge in [0, 0.05) is 6.54 Å². The largest absolute Gasteiger partial charge is 0.444 e. The standard InChI is InChI=1S/C12H12BrNO3S/c13-11-2-1-10(17-11)12(16)14-5-3-9(15)8-4-6-18-7-8/h1-2,4,6-7,9,15H,3,5H2,(H,14,16)/t9-/m0/s1. The van der Waals surface area contributed by atoms with Crippen molar-refractivity contribution >= 4 is 33.2 Å². The van der Waals surface area contributed by atoms with Gasteiger partial charge in [-0.3, -0.25) is 4.79 Å². The van der Waals surface area contributed by atoms with Crippen molar-refractivity contribution in [1.82, 2.24) is 5.32 Å². The van der Waals surface area contributed by atoms with Crippen molar-refractivity contribution < 1.29 is 14.3 Å². The number of hydrogen-bond acceptors (Lipinski definition) is 4. The minimum Gasteiger partial charge on any atom is -0.444 e. The Morgan fingerprint density at radius 3 is 2.94 bits per heavy atom. The summed E-state index contributed by atoms with van der Waals surface area (Å²) in [6.45, 7) is 0.397. The van der Waals surface area contributed by atoms with Gasteiger partial charge >= 0.3 is 0 Å². The molecule has 2 heterocycles. The van der Waals surface area contributed by atoms with Gasteiger partial charge in [0.1, 0.15) is 0 Å². The van der Waals surface area contributed by atoms with Crippen molar-refractivity contribution in [2.24, 2.45) is 0 Å². The normalized spacial score (nSPS) is 12.3. The molecule has 2 aromatic heterocycles. The lowest BCUT2D eigenvalue weighted by Crippen LogP contribution is -2.25. The van der Waals surface area contributed by atoms with Crippen LogP contribution in [0.3, 0.4) is 0 Å². The minimum absolute atomic E-state index is 0.256. The molecule has 0 spiro atoms. The minimum atomic E-state index is -0.542. The van der Waals surface area contributed by atoms with Gasteiger partial charge in [0.15, 0.2) is 10.4 Å². The number of nitrogens with one attached hydrogen (secondary N) is 1. The monoisotopic (exact) mass is 329 g/mol. The number of carbonyl (C=O) groups excluding carboxylic acids is 1. The highest BCUT2D eigenvalue weighted by molar-refractivity contribution is 9.10. The Kier molecular flexibility index (Phi) is 4.57. The molecule has 0 unspecified atom stereocenters. The second-order valence-electron chi connectivity index (χ2n) is 3.72. The molecule has 0 fully saturated rings. The summed E-state index contributed by atoms with van der Waals surface area (Å²) in [5.74, 6) is -0.0230. The first-order valence-corrected chi connectivity index (χ1v) is 7.14. The van der Waals surface area contributed by atoms with Crippen molar-refractivity contribution in [3.8, 4) is 0 Å². The number of amides is 1. The van der Waals surface area contributed by atoms with Crippen LogP contribution in [0.25, 0.3) is 0 Å². The van der Waals surface area contributed by atoms with E-state index in [0.29, 0.717) is 17.6 Å². The van der Waals surface area contributed by atoms with Gasteiger partial charge in [0.05, 0.1) is 6.10 Å². The lowest BCUT2D eigenvalue weighted by molar-refractivity contribution is 0.0914. The molecule has 0 saturated heterocycles. The molecule has 6 heteroatoms. The number of rotatable bonds is 5. The number of aliphatic hydroxyl groups excluding tert-OH is 1. The van der Waals surface area contributed by atoms with Crippen LogP contribution in [0.15, 0.2) is 38.0 Å². The number of thiophene rings is 1. The van der Waals surface area contributed by atoms with Crippen LogP contribution in [0, 0.1) is 0 Å². The lowest BCUT2D eigenvalue weighted by atomic mass is 10.1.